The van der Waals surface area contributed by atoms with E-state index < -0.39 is 0 Å². The van der Waals surface area contributed by atoms with Gasteiger partial charge in [0.15, 0.2) is 11.8 Å². The summed E-state index contributed by atoms with van der Waals surface area (Å²) in [6.07, 6.45) is 2.99. The molecule has 2 aromatic heterocycles. The zero-order valence-corrected chi connectivity index (χ0v) is 17.6. The molecule has 0 fully saturated rings. The number of aromatic amines is 1. The van der Waals surface area contributed by atoms with Crippen molar-refractivity contribution in [3.05, 3.63) is 47.2 Å². The van der Waals surface area contributed by atoms with Crippen LogP contribution in [0.25, 0.3) is 10.9 Å². The van der Waals surface area contributed by atoms with E-state index in [2.05, 4.69) is 62.1 Å². The van der Waals surface area contributed by atoms with E-state index in [1.165, 1.54) is 22.0 Å². The minimum absolute atomic E-state index is 0. The van der Waals surface area contributed by atoms with Gasteiger partial charge in [-0.15, -0.1) is 24.0 Å². The fraction of sp³-hybridized carbons (Fsp3) is 0.389. The second kappa shape index (κ2) is 9.56. The first-order chi connectivity index (χ1) is 12.2. The Hall–Kier alpha value is -2.10. The number of aliphatic imine (C=N–C) groups is 1. The highest BCUT2D eigenvalue weighted by atomic mass is 127. The molecule has 3 N–H and O–H groups in total. The first-order valence-electron chi connectivity index (χ1n) is 8.53. The Morgan fingerprint density at radius 1 is 1.27 bits per heavy atom. The second-order valence-corrected chi connectivity index (χ2v) is 5.96. The molecule has 0 unspecified atom stereocenters. The number of fused-ring (bicyclic) bond motifs is 1. The number of guanidine groups is 1. The molecule has 0 saturated carbocycles. The molecule has 26 heavy (non-hydrogen) atoms. The quantitative estimate of drug-likeness (QED) is 0.294. The molecular formula is C18H25IN6O. The fourth-order valence-corrected chi connectivity index (χ4v) is 2.72. The van der Waals surface area contributed by atoms with Crippen molar-refractivity contribution >= 4 is 40.8 Å². The summed E-state index contributed by atoms with van der Waals surface area (Å²) in [5, 5.41) is 11.7. The summed E-state index contributed by atoms with van der Waals surface area (Å²) in [7, 11) is 0. The van der Waals surface area contributed by atoms with Crippen LogP contribution in [0.3, 0.4) is 0 Å². The molecule has 1 aromatic carbocycles. The molecule has 0 spiro atoms. The van der Waals surface area contributed by atoms with Crippen molar-refractivity contribution < 1.29 is 4.52 Å². The van der Waals surface area contributed by atoms with E-state index in [-0.39, 0.29) is 24.0 Å². The molecule has 0 radical (unpaired) electrons. The zero-order valence-electron chi connectivity index (χ0n) is 15.3. The lowest BCUT2D eigenvalue weighted by Crippen LogP contribution is -2.38. The Bertz CT molecular complexity index is 870. The summed E-state index contributed by atoms with van der Waals surface area (Å²) in [6.45, 7) is 7.89. The van der Waals surface area contributed by atoms with Crippen molar-refractivity contribution in [2.24, 2.45) is 4.99 Å². The third-order valence-electron chi connectivity index (χ3n) is 3.90. The number of nitrogens with zero attached hydrogens (tertiary/aromatic N) is 3. The van der Waals surface area contributed by atoms with Crippen LogP contribution in [0.1, 0.15) is 29.8 Å². The number of benzene rings is 1. The minimum atomic E-state index is 0. The van der Waals surface area contributed by atoms with Crippen molar-refractivity contribution in [1.82, 2.24) is 25.8 Å². The van der Waals surface area contributed by atoms with E-state index in [9.17, 15) is 0 Å². The van der Waals surface area contributed by atoms with Crippen LogP contribution in [0.15, 0.2) is 33.9 Å². The predicted molar refractivity (Wildman–Crippen MR) is 114 cm³/mol. The second-order valence-electron chi connectivity index (χ2n) is 5.96. The van der Waals surface area contributed by atoms with Crippen LogP contribution in [0.4, 0.5) is 0 Å². The Kier molecular flexibility index (Phi) is 7.43. The van der Waals surface area contributed by atoms with Gasteiger partial charge in [-0.1, -0.05) is 17.3 Å². The van der Waals surface area contributed by atoms with Gasteiger partial charge in [0, 0.05) is 37.1 Å². The first kappa shape index (κ1) is 20.2. The van der Waals surface area contributed by atoms with E-state index in [0.29, 0.717) is 18.3 Å². The molecule has 7 nitrogen and oxygen atoms in total. The summed E-state index contributed by atoms with van der Waals surface area (Å²) in [4.78, 5) is 12.0. The van der Waals surface area contributed by atoms with Gasteiger partial charge >= 0.3 is 0 Å². The number of H-pyrrole nitrogens is 1. The van der Waals surface area contributed by atoms with Crippen molar-refractivity contribution in [1.29, 1.82) is 0 Å². The average Bonchev–Trinajstić information content (AvgIpc) is 3.18. The van der Waals surface area contributed by atoms with Gasteiger partial charge in [0.2, 0.25) is 5.89 Å². The Morgan fingerprint density at radius 3 is 2.85 bits per heavy atom. The van der Waals surface area contributed by atoms with E-state index in [4.69, 9.17) is 4.52 Å². The smallest absolute Gasteiger partial charge is 0.223 e. The molecule has 3 aromatic rings. The van der Waals surface area contributed by atoms with E-state index >= 15 is 0 Å². The Balaban J connectivity index is 0.00000243. The molecule has 2 heterocycles. The lowest BCUT2D eigenvalue weighted by Gasteiger charge is -2.10. The summed E-state index contributed by atoms with van der Waals surface area (Å²) < 4.78 is 4.96. The van der Waals surface area contributed by atoms with Crippen LogP contribution in [0.5, 0.6) is 0 Å². The van der Waals surface area contributed by atoms with Gasteiger partial charge < -0.3 is 20.1 Å². The maximum Gasteiger partial charge on any atom is 0.223 e. The van der Waals surface area contributed by atoms with Gasteiger partial charge in [0.1, 0.15) is 6.54 Å². The van der Waals surface area contributed by atoms with Crippen LogP contribution in [-0.4, -0.2) is 34.2 Å². The molecule has 0 aliphatic rings. The lowest BCUT2D eigenvalue weighted by molar-refractivity contribution is 0.387. The van der Waals surface area contributed by atoms with Gasteiger partial charge in [-0.05, 0) is 37.5 Å². The molecule has 0 aliphatic carbocycles. The number of aromatic nitrogens is 3. The van der Waals surface area contributed by atoms with E-state index in [1.54, 1.807) is 6.92 Å². The summed E-state index contributed by atoms with van der Waals surface area (Å²) in [6, 6.07) is 6.49. The number of hydrogen-bond donors (Lipinski definition) is 3. The largest absolute Gasteiger partial charge is 0.361 e. The number of aryl methyl sites for hydroxylation is 2. The number of halogens is 1. The molecule has 0 aliphatic heterocycles. The number of hydrogen-bond acceptors (Lipinski definition) is 4. The molecule has 0 atom stereocenters. The monoisotopic (exact) mass is 468 g/mol. The highest BCUT2D eigenvalue weighted by molar-refractivity contribution is 14.0. The number of rotatable bonds is 6. The first-order valence-corrected chi connectivity index (χ1v) is 8.53. The van der Waals surface area contributed by atoms with Crippen molar-refractivity contribution in [3.8, 4) is 0 Å². The molecule has 0 saturated heterocycles. The summed E-state index contributed by atoms with van der Waals surface area (Å²) in [5.74, 6) is 1.89. The molecular weight excluding hydrogens is 443 g/mol. The van der Waals surface area contributed by atoms with Gasteiger partial charge in [-0.3, -0.25) is 0 Å². The minimum Gasteiger partial charge on any atom is -0.361 e. The fourth-order valence-electron chi connectivity index (χ4n) is 2.72. The summed E-state index contributed by atoms with van der Waals surface area (Å²) >= 11 is 0. The third kappa shape index (κ3) is 5.20. The van der Waals surface area contributed by atoms with Crippen LogP contribution in [0.2, 0.25) is 0 Å². The molecule has 0 amide bonds. The van der Waals surface area contributed by atoms with Crippen LogP contribution < -0.4 is 10.6 Å². The predicted octanol–water partition coefficient (Wildman–Crippen LogP) is 3.08. The third-order valence-corrected chi connectivity index (χ3v) is 3.90. The average molecular weight is 468 g/mol. The molecule has 140 valence electrons. The van der Waals surface area contributed by atoms with Crippen molar-refractivity contribution in [3.63, 3.8) is 0 Å². The maximum atomic E-state index is 4.96. The van der Waals surface area contributed by atoms with Gasteiger partial charge in [-0.2, -0.15) is 4.98 Å². The van der Waals surface area contributed by atoms with E-state index in [1.807, 2.05) is 6.92 Å². The lowest BCUT2D eigenvalue weighted by atomic mass is 10.1. The van der Waals surface area contributed by atoms with Crippen LogP contribution in [-0.2, 0) is 13.0 Å². The normalized spacial score (nSPS) is 11.4. The molecule has 8 heteroatoms. The topological polar surface area (TPSA) is 91.1 Å². The van der Waals surface area contributed by atoms with Crippen LogP contribution in [0, 0.1) is 13.8 Å². The summed E-state index contributed by atoms with van der Waals surface area (Å²) in [5.41, 5.74) is 3.74. The Morgan fingerprint density at radius 2 is 2.12 bits per heavy atom. The highest BCUT2D eigenvalue weighted by Crippen LogP contribution is 2.19. The Labute approximate surface area is 170 Å². The maximum absolute atomic E-state index is 4.96. The van der Waals surface area contributed by atoms with Gasteiger partial charge in [-0.25, -0.2) is 4.99 Å². The molecule has 0 bridgehead atoms. The molecule has 3 rings (SSSR count). The standard InChI is InChI=1S/C18H24N6O.HI/c1-4-19-18(22-11-17-23-13(3)25-24-17)20-8-7-14-10-21-16-9-12(2)5-6-15(14)16;/h5-6,9-10,21H,4,7-8,11H2,1-3H3,(H2,19,20,22);1H. The van der Waals surface area contributed by atoms with Gasteiger partial charge in [0.05, 0.1) is 0 Å². The van der Waals surface area contributed by atoms with Crippen molar-refractivity contribution in [2.75, 3.05) is 13.1 Å². The van der Waals surface area contributed by atoms with Crippen molar-refractivity contribution in [2.45, 2.75) is 33.7 Å². The van der Waals surface area contributed by atoms with Gasteiger partial charge in [0.25, 0.3) is 0 Å². The van der Waals surface area contributed by atoms with E-state index in [0.717, 1.165) is 25.5 Å². The SMILES string of the molecule is CCNC(=NCc1noc(C)n1)NCCc1c[nH]c2cc(C)ccc12.I. The highest BCUT2D eigenvalue weighted by Gasteiger charge is 2.05. The van der Waals surface area contributed by atoms with Crippen LogP contribution >= 0.6 is 24.0 Å². The number of nitrogens with one attached hydrogen (secondary N) is 3. The zero-order chi connectivity index (χ0) is 17.6.